The molecule has 2 aromatic rings. The summed E-state index contributed by atoms with van der Waals surface area (Å²) in [7, 11) is 0. The van der Waals surface area contributed by atoms with Gasteiger partial charge < -0.3 is 9.88 Å². The Hall–Kier alpha value is -2.36. The Labute approximate surface area is 149 Å². The van der Waals surface area contributed by atoms with Crippen LogP contribution in [0.5, 0.6) is 0 Å². The lowest BCUT2D eigenvalue weighted by molar-refractivity contribution is 0.0948. The number of carbonyl (C=O) groups excluding carboxylic acids is 1. The second-order valence-electron chi connectivity index (χ2n) is 6.52. The zero-order chi connectivity index (χ0) is 18.4. The molecule has 4 nitrogen and oxygen atoms in total. The molecule has 0 spiro atoms. The fraction of sp³-hybridized carbons (Fsp3) is 0.429. The van der Waals surface area contributed by atoms with Gasteiger partial charge in [-0.15, -0.1) is 0 Å². The van der Waals surface area contributed by atoms with E-state index in [-0.39, 0.29) is 17.0 Å². The average molecular weight is 340 g/mol. The van der Waals surface area contributed by atoms with Crippen molar-refractivity contribution in [2.24, 2.45) is 0 Å². The summed E-state index contributed by atoms with van der Waals surface area (Å²) in [5, 5.41) is 2.87. The Morgan fingerprint density at radius 3 is 2.40 bits per heavy atom. The number of aromatic nitrogens is 1. The third kappa shape index (κ3) is 4.59. The molecule has 134 valence electrons. The van der Waals surface area contributed by atoms with Crippen molar-refractivity contribution >= 4 is 5.91 Å². The number of amides is 1. The van der Waals surface area contributed by atoms with Crippen LogP contribution in [-0.4, -0.2) is 10.5 Å². The van der Waals surface area contributed by atoms with E-state index in [1.807, 2.05) is 45.0 Å². The van der Waals surface area contributed by atoms with Crippen LogP contribution < -0.4 is 10.9 Å². The van der Waals surface area contributed by atoms with Crippen LogP contribution in [0, 0.1) is 13.8 Å². The van der Waals surface area contributed by atoms with Crippen LogP contribution in [0.25, 0.3) is 0 Å². The third-order valence-corrected chi connectivity index (χ3v) is 4.51. The van der Waals surface area contributed by atoms with Crippen molar-refractivity contribution in [3.63, 3.8) is 0 Å². The van der Waals surface area contributed by atoms with Crippen LogP contribution in [0.4, 0.5) is 0 Å². The molecule has 0 unspecified atom stereocenters. The molecule has 1 amide bonds. The highest BCUT2D eigenvalue weighted by atomic mass is 16.2. The van der Waals surface area contributed by atoms with E-state index in [0.29, 0.717) is 13.1 Å². The summed E-state index contributed by atoms with van der Waals surface area (Å²) in [4.78, 5) is 25.4. The molecule has 0 aliphatic carbocycles. The lowest BCUT2D eigenvalue weighted by atomic mass is 10.1. The van der Waals surface area contributed by atoms with Crippen LogP contribution in [0.15, 0.2) is 35.1 Å². The second-order valence-corrected chi connectivity index (χ2v) is 6.52. The molecule has 1 aromatic carbocycles. The highest BCUT2D eigenvalue weighted by molar-refractivity contribution is 5.94. The van der Waals surface area contributed by atoms with Gasteiger partial charge in [0, 0.05) is 18.8 Å². The van der Waals surface area contributed by atoms with Crippen LogP contribution >= 0.6 is 0 Å². The van der Waals surface area contributed by atoms with Crippen LogP contribution in [-0.2, 0) is 19.5 Å². The molecule has 1 N–H and O–H groups in total. The van der Waals surface area contributed by atoms with Crippen molar-refractivity contribution < 1.29 is 4.79 Å². The van der Waals surface area contributed by atoms with Gasteiger partial charge in [0.25, 0.3) is 11.5 Å². The first-order valence-corrected chi connectivity index (χ1v) is 9.05. The van der Waals surface area contributed by atoms with Crippen molar-refractivity contribution in [3.8, 4) is 0 Å². The van der Waals surface area contributed by atoms with Gasteiger partial charge in [-0.2, -0.15) is 0 Å². The normalized spacial score (nSPS) is 10.7. The molecule has 2 rings (SSSR count). The minimum atomic E-state index is -0.304. The largest absolute Gasteiger partial charge is 0.348 e. The van der Waals surface area contributed by atoms with Crippen molar-refractivity contribution in [3.05, 3.63) is 68.6 Å². The number of unbranched alkanes of at least 4 members (excludes halogenated alkanes) is 1. The van der Waals surface area contributed by atoms with Gasteiger partial charge in [-0.1, -0.05) is 50.1 Å². The maximum atomic E-state index is 12.8. The first kappa shape index (κ1) is 19.0. The lowest BCUT2D eigenvalue weighted by Gasteiger charge is -2.16. The number of hydrogen-bond acceptors (Lipinski definition) is 2. The van der Waals surface area contributed by atoms with Gasteiger partial charge in [0.05, 0.1) is 0 Å². The van der Waals surface area contributed by atoms with Gasteiger partial charge in [-0.25, -0.2) is 0 Å². The minimum Gasteiger partial charge on any atom is -0.348 e. The first-order chi connectivity index (χ1) is 12.0. The molecule has 0 aliphatic heterocycles. The Morgan fingerprint density at radius 1 is 1.12 bits per heavy atom. The maximum absolute atomic E-state index is 12.8. The standard InChI is InChI=1S/C21H28N2O2/c1-5-7-12-23-19(6-2)16(4)13-18(21(23)25)20(24)22-14-17-10-8-15(3)9-11-17/h8-11,13H,5-7,12,14H2,1-4H3,(H,22,24). The molecule has 25 heavy (non-hydrogen) atoms. The third-order valence-electron chi connectivity index (χ3n) is 4.51. The first-order valence-electron chi connectivity index (χ1n) is 9.05. The van der Waals surface area contributed by atoms with Gasteiger partial charge >= 0.3 is 0 Å². The van der Waals surface area contributed by atoms with Crippen molar-refractivity contribution in [1.82, 2.24) is 9.88 Å². The van der Waals surface area contributed by atoms with Crippen LogP contribution in [0.2, 0.25) is 0 Å². The van der Waals surface area contributed by atoms with E-state index in [9.17, 15) is 9.59 Å². The van der Waals surface area contributed by atoms with E-state index in [2.05, 4.69) is 12.2 Å². The van der Waals surface area contributed by atoms with Gasteiger partial charge in [0.2, 0.25) is 0 Å². The summed E-state index contributed by atoms with van der Waals surface area (Å²) in [6.07, 6.45) is 2.73. The molecular weight excluding hydrogens is 312 g/mol. The van der Waals surface area contributed by atoms with Crippen LogP contribution in [0.3, 0.4) is 0 Å². The van der Waals surface area contributed by atoms with Gasteiger partial charge in [-0.05, 0) is 43.9 Å². The number of carbonyl (C=O) groups is 1. The molecule has 0 bridgehead atoms. The van der Waals surface area contributed by atoms with Crippen LogP contribution in [0.1, 0.15) is 59.4 Å². The number of nitrogens with zero attached hydrogens (tertiary/aromatic N) is 1. The van der Waals surface area contributed by atoms with Gasteiger partial charge in [0.1, 0.15) is 5.56 Å². The number of pyridine rings is 1. The van der Waals surface area contributed by atoms with Crippen molar-refractivity contribution in [2.75, 3.05) is 0 Å². The highest BCUT2D eigenvalue weighted by Crippen LogP contribution is 2.11. The maximum Gasteiger partial charge on any atom is 0.263 e. The van der Waals surface area contributed by atoms with E-state index >= 15 is 0 Å². The second kappa shape index (κ2) is 8.65. The predicted molar refractivity (Wildman–Crippen MR) is 102 cm³/mol. The molecule has 1 heterocycles. The summed E-state index contributed by atoms with van der Waals surface area (Å²) >= 11 is 0. The van der Waals surface area contributed by atoms with E-state index in [1.165, 1.54) is 5.56 Å². The molecule has 0 aliphatic rings. The summed E-state index contributed by atoms with van der Waals surface area (Å²) in [6.45, 7) is 9.22. The predicted octanol–water partition coefficient (Wildman–Crippen LogP) is 3.76. The summed E-state index contributed by atoms with van der Waals surface area (Å²) in [6, 6.07) is 9.73. The zero-order valence-electron chi connectivity index (χ0n) is 15.7. The minimum absolute atomic E-state index is 0.183. The van der Waals surface area contributed by atoms with E-state index in [4.69, 9.17) is 0 Å². The summed E-state index contributed by atoms with van der Waals surface area (Å²) < 4.78 is 1.78. The molecule has 0 saturated carbocycles. The molecular formula is C21H28N2O2. The van der Waals surface area contributed by atoms with Gasteiger partial charge in [-0.3, -0.25) is 9.59 Å². The zero-order valence-corrected chi connectivity index (χ0v) is 15.7. The average Bonchev–Trinajstić information content (AvgIpc) is 2.61. The Kier molecular flexibility index (Phi) is 6.57. The Balaban J connectivity index is 2.25. The Morgan fingerprint density at radius 2 is 1.80 bits per heavy atom. The smallest absolute Gasteiger partial charge is 0.263 e. The molecule has 0 atom stereocenters. The number of aryl methyl sites for hydroxylation is 2. The molecule has 0 radical (unpaired) electrons. The fourth-order valence-electron chi connectivity index (χ4n) is 3.01. The molecule has 1 aromatic heterocycles. The summed E-state index contributed by atoms with van der Waals surface area (Å²) in [5.74, 6) is -0.304. The van der Waals surface area contributed by atoms with E-state index in [1.54, 1.807) is 10.6 Å². The van der Waals surface area contributed by atoms with Crippen molar-refractivity contribution in [2.45, 2.75) is 60.0 Å². The highest BCUT2D eigenvalue weighted by Gasteiger charge is 2.16. The quantitative estimate of drug-likeness (QED) is 0.834. The molecule has 0 saturated heterocycles. The van der Waals surface area contributed by atoms with Gasteiger partial charge in [0.15, 0.2) is 0 Å². The van der Waals surface area contributed by atoms with E-state index in [0.717, 1.165) is 36.1 Å². The van der Waals surface area contributed by atoms with Crippen molar-refractivity contribution in [1.29, 1.82) is 0 Å². The monoisotopic (exact) mass is 340 g/mol. The number of nitrogens with one attached hydrogen (secondary N) is 1. The molecule has 4 heteroatoms. The topological polar surface area (TPSA) is 51.1 Å². The SMILES string of the molecule is CCCCn1c(CC)c(C)cc(C(=O)NCc2ccc(C)cc2)c1=O. The number of hydrogen-bond donors (Lipinski definition) is 1. The lowest BCUT2D eigenvalue weighted by Crippen LogP contribution is -2.34. The van der Waals surface area contributed by atoms with E-state index < -0.39 is 0 Å². The number of benzene rings is 1. The Bertz CT molecular complexity index is 789. The fourth-order valence-corrected chi connectivity index (χ4v) is 3.01. The number of rotatable bonds is 7. The summed E-state index contributed by atoms with van der Waals surface area (Å²) in [5.41, 5.74) is 4.27. The molecule has 0 fully saturated rings.